The van der Waals surface area contributed by atoms with Gasteiger partial charge in [-0.15, -0.1) is 4.48 Å². The highest BCUT2D eigenvalue weighted by Crippen LogP contribution is 2.14. The summed E-state index contributed by atoms with van der Waals surface area (Å²) >= 11 is 0. The van der Waals surface area contributed by atoms with Crippen molar-refractivity contribution in [2.45, 2.75) is 60.3 Å². The number of halogens is 1. The van der Waals surface area contributed by atoms with Crippen molar-refractivity contribution in [3.63, 3.8) is 0 Å². The quantitative estimate of drug-likeness (QED) is 0.592. The van der Waals surface area contributed by atoms with Crippen LogP contribution in [0.15, 0.2) is 24.3 Å². The second kappa shape index (κ2) is 11.1. The van der Waals surface area contributed by atoms with E-state index in [9.17, 15) is 9.28 Å². The fourth-order valence-corrected chi connectivity index (χ4v) is 1.47. The van der Waals surface area contributed by atoms with Crippen molar-refractivity contribution in [1.29, 1.82) is 0 Å². The lowest BCUT2D eigenvalue weighted by Gasteiger charge is -2.24. The summed E-state index contributed by atoms with van der Waals surface area (Å²) < 4.78 is 13.7. The zero-order chi connectivity index (χ0) is 18.0. The average Bonchev–Trinajstić information content (AvgIpc) is 2.56. The number of hydroxylamine groups is 1. The Labute approximate surface area is 138 Å². The number of amides is 1. The summed E-state index contributed by atoms with van der Waals surface area (Å²) in [4.78, 5) is 16.9. The van der Waals surface area contributed by atoms with Crippen LogP contribution in [0.5, 0.6) is 0 Å². The summed E-state index contributed by atoms with van der Waals surface area (Å²) in [5.74, 6) is -0.373. The van der Waals surface area contributed by atoms with E-state index in [1.165, 1.54) is 6.92 Å². The highest BCUT2D eigenvalue weighted by molar-refractivity contribution is 5.93. The average molecular weight is 328 g/mol. The minimum atomic E-state index is -0.950. The molecule has 5 nitrogen and oxygen atoms in total. The fourth-order valence-electron chi connectivity index (χ4n) is 1.47. The second-order valence-corrected chi connectivity index (χ2v) is 5.35. The van der Waals surface area contributed by atoms with Crippen LogP contribution in [0.4, 0.5) is 10.2 Å². The van der Waals surface area contributed by atoms with Gasteiger partial charge in [0, 0.05) is 5.69 Å². The normalized spacial score (nSPS) is 13.3. The van der Waals surface area contributed by atoms with E-state index in [1.807, 2.05) is 27.7 Å². The standard InChI is InChI=1S/C15H23FN2O3.C2H6/c1-10(2)11(3)18(16)21-12(4)15(20)17-14-7-5-13(9-19)6-8-14;1-2/h5-8,10-12,19H,9H2,1-4H3,(H,17,20);1-2H3/t11?,12-;/m0./s1. The van der Waals surface area contributed by atoms with Crippen LogP contribution >= 0.6 is 0 Å². The molecular weight excluding hydrogens is 299 g/mol. The predicted molar refractivity (Wildman–Crippen MR) is 90.1 cm³/mol. The number of nitrogens with zero attached hydrogens (tertiary/aromatic N) is 1. The van der Waals surface area contributed by atoms with E-state index in [0.29, 0.717) is 5.69 Å². The van der Waals surface area contributed by atoms with Gasteiger partial charge in [-0.25, -0.2) is 0 Å². The molecule has 0 bridgehead atoms. The van der Waals surface area contributed by atoms with Crippen molar-refractivity contribution in [3.8, 4) is 0 Å². The van der Waals surface area contributed by atoms with Gasteiger partial charge in [0.15, 0.2) is 6.10 Å². The van der Waals surface area contributed by atoms with Crippen molar-refractivity contribution in [1.82, 2.24) is 5.29 Å². The summed E-state index contributed by atoms with van der Waals surface area (Å²) in [5, 5.41) is 11.8. The number of anilines is 1. The molecule has 0 aliphatic carbocycles. The predicted octanol–water partition coefficient (Wildman–Crippen LogP) is 3.69. The third-order valence-electron chi connectivity index (χ3n) is 3.32. The van der Waals surface area contributed by atoms with Gasteiger partial charge in [-0.05, 0) is 42.7 Å². The molecule has 0 radical (unpaired) electrons. The van der Waals surface area contributed by atoms with Crippen LogP contribution in [0.25, 0.3) is 0 Å². The molecule has 0 aliphatic rings. The SMILES string of the molecule is CC.CC(C)C(C)N(F)O[C@@H](C)C(=O)Nc1ccc(CO)cc1. The lowest BCUT2D eigenvalue weighted by atomic mass is 10.1. The van der Waals surface area contributed by atoms with Crippen molar-refractivity contribution in [2.24, 2.45) is 5.92 Å². The Balaban J connectivity index is 0.00000232. The van der Waals surface area contributed by atoms with Gasteiger partial charge in [-0.3, -0.25) is 9.63 Å². The van der Waals surface area contributed by atoms with Gasteiger partial charge >= 0.3 is 0 Å². The molecule has 0 aliphatic heterocycles. The molecule has 2 N–H and O–H groups in total. The molecule has 0 heterocycles. The fraction of sp³-hybridized carbons (Fsp3) is 0.588. The molecule has 1 aromatic carbocycles. The topological polar surface area (TPSA) is 61.8 Å². The Bertz CT molecular complexity index is 452. The van der Waals surface area contributed by atoms with Gasteiger partial charge in [0.1, 0.15) is 0 Å². The first kappa shape index (κ1) is 21.5. The van der Waals surface area contributed by atoms with E-state index in [2.05, 4.69) is 5.32 Å². The summed E-state index contributed by atoms with van der Waals surface area (Å²) in [6.07, 6.45) is -0.950. The van der Waals surface area contributed by atoms with Crippen LogP contribution in [-0.4, -0.2) is 28.4 Å². The molecular formula is C17H29FN2O3. The van der Waals surface area contributed by atoms with E-state index >= 15 is 0 Å². The minimum absolute atomic E-state index is 0.0579. The lowest BCUT2D eigenvalue weighted by molar-refractivity contribution is -0.321. The number of aliphatic hydroxyl groups is 1. The van der Waals surface area contributed by atoms with Gasteiger partial charge in [-0.1, -0.05) is 39.8 Å². The summed E-state index contributed by atoms with van der Waals surface area (Å²) in [7, 11) is 0. The van der Waals surface area contributed by atoms with Gasteiger partial charge in [0.2, 0.25) is 0 Å². The first-order valence-electron chi connectivity index (χ1n) is 7.97. The van der Waals surface area contributed by atoms with Crippen LogP contribution in [0, 0.1) is 5.92 Å². The molecule has 0 fully saturated rings. The molecule has 0 saturated heterocycles. The molecule has 1 amide bonds. The molecule has 6 heteroatoms. The Morgan fingerprint density at radius 1 is 1.22 bits per heavy atom. The molecule has 132 valence electrons. The van der Waals surface area contributed by atoms with Crippen LogP contribution in [0.3, 0.4) is 0 Å². The summed E-state index contributed by atoms with van der Waals surface area (Å²) in [6, 6.07) is 6.29. The van der Waals surface area contributed by atoms with Gasteiger partial charge in [0.05, 0.1) is 12.6 Å². The number of nitrogens with one attached hydrogen (secondary N) is 1. The van der Waals surface area contributed by atoms with Crippen LogP contribution < -0.4 is 5.32 Å². The maximum Gasteiger partial charge on any atom is 0.255 e. The largest absolute Gasteiger partial charge is 0.392 e. The van der Waals surface area contributed by atoms with E-state index in [4.69, 9.17) is 9.94 Å². The van der Waals surface area contributed by atoms with E-state index in [1.54, 1.807) is 31.2 Å². The molecule has 0 spiro atoms. The lowest BCUT2D eigenvalue weighted by Crippen LogP contribution is -2.37. The Morgan fingerprint density at radius 2 is 1.74 bits per heavy atom. The molecule has 1 unspecified atom stereocenters. The highest BCUT2D eigenvalue weighted by Gasteiger charge is 2.23. The van der Waals surface area contributed by atoms with E-state index < -0.39 is 18.1 Å². The zero-order valence-corrected chi connectivity index (χ0v) is 14.8. The maximum absolute atomic E-state index is 13.7. The smallest absolute Gasteiger partial charge is 0.255 e. The zero-order valence-electron chi connectivity index (χ0n) is 14.8. The Hall–Kier alpha value is -1.50. The number of rotatable bonds is 7. The maximum atomic E-state index is 13.7. The molecule has 0 saturated carbocycles. The molecule has 23 heavy (non-hydrogen) atoms. The third-order valence-corrected chi connectivity index (χ3v) is 3.32. The van der Waals surface area contributed by atoms with Gasteiger partial charge < -0.3 is 10.4 Å². The third kappa shape index (κ3) is 7.54. The first-order chi connectivity index (χ1) is 10.8. The number of hydrogen-bond acceptors (Lipinski definition) is 4. The summed E-state index contributed by atoms with van der Waals surface area (Å²) in [6.45, 7) is 10.8. The summed E-state index contributed by atoms with van der Waals surface area (Å²) in [5.41, 5.74) is 1.31. The number of hydrogen-bond donors (Lipinski definition) is 2. The monoisotopic (exact) mass is 328 g/mol. The molecule has 0 aromatic heterocycles. The van der Waals surface area contributed by atoms with Crippen LogP contribution in [0.2, 0.25) is 0 Å². The van der Waals surface area contributed by atoms with E-state index in [-0.39, 0.29) is 17.8 Å². The Kier molecular flexibility index (Phi) is 10.4. The van der Waals surface area contributed by atoms with Crippen LogP contribution in [-0.2, 0) is 16.2 Å². The van der Waals surface area contributed by atoms with Crippen molar-refractivity contribution in [2.75, 3.05) is 5.32 Å². The van der Waals surface area contributed by atoms with E-state index in [0.717, 1.165) is 5.56 Å². The van der Waals surface area contributed by atoms with Crippen molar-refractivity contribution < 1.29 is 19.2 Å². The first-order valence-corrected chi connectivity index (χ1v) is 7.97. The number of carbonyl (C=O) groups is 1. The van der Waals surface area contributed by atoms with Gasteiger partial charge in [-0.2, -0.15) is 0 Å². The molecule has 2 atom stereocenters. The van der Waals surface area contributed by atoms with Crippen LogP contribution in [0.1, 0.15) is 47.1 Å². The number of carbonyl (C=O) groups excluding carboxylic acids is 1. The van der Waals surface area contributed by atoms with Gasteiger partial charge in [0.25, 0.3) is 5.91 Å². The highest BCUT2D eigenvalue weighted by atomic mass is 19.2. The van der Waals surface area contributed by atoms with Crippen molar-refractivity contribution in [3.05, 3.63) is 29.8 Å². The molecule has 1 aromatic rings. The second-order valence-electron chi connectivity index (χ2n) is 5.35. The molecule has 1 rings (SSSR count). The number of aliphatic hydroxyl groups excluding tert-OH is 1. The Morgan fingerprint density at radius 3 is 2.17 bits per heavy atom. The van der Waals surface area contributed by atoms with Crippen molar-refractivity contribution >= 4 is 11.6 Å². The minimum Gasteiger partial charge on any atom is -0.392 e. The number of benzene rings is 1.